The molecule has 0 atom stereocenters. The van der Waals surface area contributed by atoms with E-state index in [4.69, 9.17) is 10.5 Å². The van der Waals surface area contributed by atoms with E-state index in [1.54, 1.807) is 6.07 Å². The Morgan fingerprint density at radius 1 is 1.42 bits per heavy atom. The predicted octanol–water partition coefficient (Wildman–Crippen LogP) is 2.86. The largest absolute Gasteiger partial charge is 0.494 e. The maximum absolute atomic E-state index is 11.1. The van der Waals surface area contributed by atoms with Gasteiger partial charge in [0.1, 0.15) is 17.1 Å². The van der Waals surface area contributed by atoms with Crippen LogP contribution in [0.5, 0.6) is 5.75 Å². The number of nitrogens with two attached hydrogens (primary N) is 1. The summed E-state index contributed by atoms with van der Waals surface area (Å²) < 4.78 is 5.18. The fourth-order valence-electron chi connectivity index (χ4n) is 2.04. The molecule has 0 unspecified atom stereocenters. The highest BCUT2D eigenvalue weighted by atomic mass is 16.6. The van der Waals surface area contributed by atoms with Crippen molar-refractivity contribution in [3.05, 3.63) is 33.9 Å². The molecular formula is C13H15N3O3. The van der Waals surface area contributed by atoms with Crippen molar-refractivity contribution >= 4 is 22.4 Å². The summed E-state index contributed by atoms with van der Waals surface area (Å²) in [6, 6.07) is 4.67. The van der Waals surface area contributed by atoms with Gasteiger partial charge in [0.25, 0.3) is 5.69 Å². The van der Waals surface area contributed by atoms with Gasteiger partial charge in [-0.05, 0) is 23.6 Å². The third kappa shape index (κ3) is 2.16. The lowest BCUT2D eigenvalue weighted by atomic mass is 10.0. The Morgan fingerprint density at radius 2 is 2.11 bits per heavy atom. The molecule has 2 rings (SSSR count). The van der Waals surface area contributed by atoms with E-state index in [2.05, 4.69) is 4.98 Å². The molecule has 0 spiro atoms. The summed E-state index contributed by atoms with van der Waals surface area (Å²) in [5.74, 6) is 0.992. The van der Waals surface area contributed by atoms with E-state index in [9.17, 15) is 10.1 Å². The minimum absolute atomic E-state index is 0.00481. The standard InChI is InChI=1S/C13H15N3O3/c1-7(2)8-6-9-10(16(17)18)4-5-11(19-3)12(9)15-13(8)14/h4-7H,1-3H3,(H2,14,15). The number of ether oxygens (including phenoxy) is 1. The molecule has 0 fully saturated rings. The number of nitro groups is 1. The van der Waals surface area contributed by atoms with E-state index in [1.807, 2.05) is 13.8 Å². The topological polar surface area (TPSA) is 91.3 Å². The van der Waals surface area contributed by atoms with Gasteiger partial charge >= 0.3 is 0 Å². The smallest absolute Gasteiger partial charge is 0.279 e. The maximum atomic E-state index is 11.1. The average Bonchev–Trinajstić information content (AvgIpc) is 2.35. The molecule has 2 N–H and O–H groups in total. The van der Waals surface area contributed by atoms with Crippen LogP contribution < -0.4 is 10.5 Å². The molecule has 2 aromatic rings. The second kappa shape index (κ2) is 4.72. The zero-order chi connectivity index (χ0) is 14.2. The zero-order valence-corrected chi connectivity index (χ0v) is 11.0. The van der Waals surface area contributed by atoms with Crippen molar-refractivity contribution in [1.29, 1.82) is 0 Å². The molecule has 1 aromatic heterocycles. The minimum atomic E-state index is -0.427. The van der Waals surface area contributed by atoms with Crippen LogP contribution in [-0.2, 0) is 0 Å². The molecule has 19 heavy (non-hydrogen) atoms. The summed E-state index contributed by atoms with van der Waals surface area (Å²) in [6.45, 7) is 3.93. The number of nitrogens with zero attached hydrogens (tertiary/aromatic N) is 2. The van der Waals surface area contributed by atoms with Gasteiger partial charge in [0.2, 0.25) is 0 Å². The summed E-state index contributed by atoms with van der Waals surface area (Å²) in [5.41, 5.74) is 7.12. The van der Waals surface area contributed by atoms with Gasteiger partial charge in [-0.1, -0.05) is 13.8 Å². The van der Waals surface area contributed by atoms with Crippen molar-refractivity contribution in [2.75, 3.05) is 12.8 Å². The lowest BCUT2D eigenvalue weighted by molar-refractivity contribution is -0.383. The molecule has 6 nitrogen and oxygen atoms in total. The van der Waals surface area contributed by atoms with E-state index >= 15 is 0 Å². The first-order valence-corrected chi connectivity index (χ1v) is 5.87. The zero-order valence-electron chi connectivity index (χ0n) is 11.0. The van der Waals surface area contributed by atoms with Gasteiger partial charge in [0, 0.05) is 6.07 Å². The SMILES string of the molecule is COc1ccc([N+](=O)[O-])c2cc(C(C)C)c(N)nc12. The van der Waals surface area contributed by atoms with Crippen molar-refractivity contribution < 1.29 is 9.66 Å². The number of hydrogen-bond acceptors (Lipinski definition) is 5. The Balaban J connectivity index is 2.87. The first-order chi connectivity index (χ1) is 8.95. The first-order valence-electron chi connectivity index (χ1n) is 5.87. The Kier molecular flexibility index (Phi) is 3.25. The number of hydrogen-bond donors (Lipinski definition) is 1. The van der Waals surface area contributed by atoms with Crippen molar-refractivity contribution in [1.82, 2.24) is 4.98 Å². The highest BCUT2D eigenvalue weighted by molar-refractivity contribution is 5.94. The third-order valence-corrected chi connectivity index (χ3v) is 3.02. The normalized spacial score (nSPS) is 10.9. The van der Waals surface area contributed by atoms with Crippen LogP contribution in [-0.4, -0.2) is 17.0 Å². The number of benzene rings is 1. The third-order valence-electron chi connectivity index (χ3n) is 3.02. The number of aromatic nitrogens is 1. The molecule has 0 saturated carbocycles. The molecule has 1 aromatic carbocycles. The molecule has 0 bridgehead atoms. The van der Waals surface area contributed by atoms with Crippen LogP contribution in [0.3, 0.4) is 0 Å². The van der Waals surface area contributed by atoms with Crippen LogP contribution in [0.4, 0.5) is 11.5 Å². The summed E-state index contributed by atoms with van der Waals surface area (Å²) in [4.78, 5) is 14.9. The number of pyridine rings is 1. The lowest BCUT2D eigenvalue weighted by Crippen LogP contribution is -2.02. The van der Waals surface area contributed by atoms with Crippen LogP contribution in [0.1, 0.15) is 25.3 Å². The molecule has 0 aliphatic heterocycles. The van der Waals surface area contributed by atoms with E-state index in [-0.39, 0.29) is 11.6 Å². The molecule has 0 aliphatic rings. The van der Waals surface area contributed by atoms with E-state index < -0.39 is 4.92 Å². The quantitative estimate of drug-likeness (QED) is 0.677. The number of nitrogen functional groups attached to an aromatic ring is 1. The van der Waals surface area contributed by atoms with Gasteiger partial charge in [-0.15, -0.1) is 0 Å². The highest BCUT2D eigenvalue weighted by Crippen LogP contribution is 2.35. The van der Waals surface area contributed by atoms with E-state index in [0.29, 0.717) is 22.5 Å². The molecule has 0 saturated heterocycles. The Bertz CT molecular complexity index is 653. The van der Waals surface area contributed by atoms with Crippen molar-refractivity contribution in [2.45, 2.75) is 19.8 Å². The number of anilines is 1. The van der Waals surface area contributed by atoms with Gasteiger partial charge in [0.05, 0.1) is 17.4 Å². The fourth-order valence-corrected chi connectivity index (χ4v) is 2.04. The van der Waals surface area contributed by atoms with Crippen LogP contribution in [0, 0.1) is 10.1 Å². The molecule has 0 amide bonds. The summed E-state index contributed by atoms with van der Waals surface area (Å²) in [6.07, 6.45) is 0. The lowest BCUT2D eigenvalue weighted by Gasteiger charge is -2.12. The van der Waals surface area contributed by atoms with Gasteiger partial charge in [0.15, 0.2) is 0 Å². The number of fused-ring (bicyclic) bond motifs is 1. The van der Waals surface area contributed by atoms with Crippen LogP contribution in [0.25, 0.3) is 10.9 Å². The highest BCUT2D eigenvalue weighted by Gasteiger charge is 2.19. The number of rotatable bonds is 3. The molecular weight excluding hydrogens is 246 g/mol. The van der Waals surface area contributed by atoms with Crippen molar-refractivity contribution in [3.8, 4) is 5.75 Å². The summed E-state index contributed by atoms with van der Waals surface area (Å²) >= 11 is 0. The second-order valence-electron chi connectivity index (χ2n) is 4.56. The second-order valence-corrected chi connectivity index (χ2v) is 4.56. The fraction of sp³-hybridized carbons (Fsp3) is 0.308. The van der Waals surface area contributed by atoms with Crippen LogP contribution in [0.15, 0.2) is 18.2 Å². The average molecular weight is 261 g/mol. The molecule has 0 aliphatic carbocycles. The van der Waals surface area contributed by atoms with Gasteiger partial charge in [-0.2, -0.15) is 0 Å². The van der Waals surface area contributed by atoms with Gasteiger partial charge in [-0.25, -0.2) is 4.98 Å². The van der Waals surface area contributed by atoms with Crippen LogP contribution >= 0.6 is 0 Å². The number of methoxy groups -OCH3 is 1. The molecule has 0 radical (unpaired) electrons. The molecule has 1 heterocycles. The molecule has 6 heteroatoms. The van der Waals surface area contributed by atoms with Crippen molar-refractivity contribution in [2.24, 2.45) is 0 Å². The Labute approximate surface area is 110 Å². The van der Waals surface area contributed by atoms with E-state index in [1.165, 1.54) is 19.2 Å². The van der Waals surface area contributed by atoms with E-state index in [0.717, 1.165) is 5.56 Å². The predicted molar refractivity (Wildman–Crippen MR) is 73.5 cm³/mol. The summed E-state index contributed by atoms with van der Waals surface area (Å²) in [5, 5.41) is 11.5. The minimum Gasteiger partial charge on any atom is -0.494 e. The number of nitro benzene ring substituents is 1. The Hall–Kier alpha value is -2.37. The monoisotopic (exact) mass is 261 g/mol. The van der Waals surface area contributed by atoms with Crippen LogP contribution in [0.2, 0.25) is 0 Å². The Morgan fingerprint density at radius 3 is 2.63 bits per heavy atom. The summed E-state index contributed by atoms with van der Waals surface area (Å²) in [7, 11) is 1.49. The first kappa shape index (κ1) is 13.1. The molecule has 100 valence electrons. The maximum Gasteiger partial charge on any atom is 0.279 e. The number of non-ortho nitro benzene ring substituents is 1. The van der Waals surface area contributed by atoms with Crippen molar-refractivity contribution in [3.63, 3.8) is 0 Å². The van der Waals surface area contributed by atoms with Gasteiger partial charge in [-0.3, -0.25) is 10.1 Å². The van der Waals surface area contributed by atoms with Gasteiger partial charge < -0.3 is 10.5 Å².